The first-order chi connectivity index (χ1) is 14.1. The van der Waals surface area contributed by atoms with Gasteiger partial charge in [0.25, 0.3) is 0 Å². The van der Waals surface area contributed by atoms with Gasteiger partial charge in [0.2, 0.25) is 0 Å². The maximum atomic E-state index is 5.51. The molecule has 0 amide bonds. The minimum Gasteiger partial charge on any atom is -0.497 e. The van der Waals surface area contributed by atoms with Gasteiger partial charge in [0.15, 0.2) is 5.96 Å². The number of rotatable bonds is 7. The maximum absolute atomic E-state index is 5.51. The van der Waals surface area contributed by atoms with E-state index in [0.717, 1.165) is 57.6 Å². The second-order valence-electron chi connectivity index (χ2n) is 7.99. The maximum Gasteiger partial charge on any atom is 0.194 e. The standard InChI is InChI=1S/C22H37N5O2.HI/c1-5-23-22(27-10-9-19(17-27)26-11-13-29-14-12-26)24-16-21(25(2)3)18-7-6-8-20(15-18)28-4;/h6-8,15,19,21H,5,9-14,16-17H2,1-4H3,(H,23,24);1H. The molecule has 2 aliphatic heterocycles. The average Bonchev–Trinajstić information content (AvgIpc) is 3.24. The van der Waals surface area contributed by atoms with Gasteiger partial charge in [0, 0.05) is 38.8 Å². The monoisotopic (exact) mass is 531 g/mol. The van der Waals surface area contributed by atoms with Crippen molar-refractivity contribution in [2.75, 3.05) is 73.7 Å². The second kappa shape index (κ2) is 12.7. The summed E-state index contributed by atoms with van der Waals surface area (Å²) < 4.78 is 10.9. The molecule has 2 saturated heterocycles. The Balaban J connectivity index is 0.00000320. The van der Waals surface area contributed by atoms with Crippen LogP contribution in [0.4, 0.5) is 0 Å². The van der Waals surface area contributed by atoms with Crippen LogP contribution in [-0.4, -0.2) is 100 Å². The van der Waals surface area contributed by atoms with Crippen LogP contribution >= 0.6 is 24.0 Å². The first kappa shape index (κ1) is 25.2. The number of nitrogens with zero attached hydrogens (tertiary/aromatic N) is 4. The van der Waals surface area contributed by atoms with Gasteiger partial charge >= 0.3 is 0 Å². The summed E-state index contributed by atoms with van der Waals surface area (Å²) in [6.07, 6.45) is 1.19. The third-order valence-corrected chi connectivity index (χ3v) is 5.88. The van der Waals surface area contributed by atoms with Crippen LogP contribution in [0.2, 0.25) is 0 Å². The third-order valence-electron chi connectivity index (χ3n) is 5.88. The van der Waals surface area contributed by atoms with Gasteiger partial charge in [0.1, 0.15) is 5.75 Å². The summed E-state index contributed by atoms with van der Waals surface area (Å²) >= 11 is 0. The number of hydrogen-bond acceptors (Lipinski definition) is 5. The molecule has 1 aromatic carbocycles. The summed E-state index contributed by atoms with van der Waals surface area (Å²) in [5, 5.41) is 3.51. The van der Waals surface area contributed by atoms with E-state index in [0.29, 0.717) is 12.6 Å². The summed E-state index contributed by atoms with van der Waals surface area (Å²) in [6.45, 7) is 9.62. The number of likely N-dealkylation sites (tertiary alicyclic amines) is 1. The molecule has 2 heterocycles. The van der Waals surface area contributed by atoms with Crippen LogP contribution in [-0.2, 0) is 4.74 Å². The minimum atomic E-state index is 0. The highest BCUT2D eigenvalue weighted by molar-refractivity contribution is 14.0. The Labute approximate surface area is 198 Å². The number of benzene rings is 1. The van der Waals surface area contributed by atoms with Crippen molar-refractivity contribution in [1.29, 1.82) is 0 Å². The number of halogens is 1. The second-order valence-corrected chi connectivity index (χ2v) is 7.99. The van der Waals surface area contributed by atoms with Crippen molar-refractivity contribution >= 4 is 29.9 Å². The Morgan fingerprint density at radius 2 is 2.07 bits per heavy atom. The summed E-state index contributed by atoms with van der Waals surface area (Å²) in [5.41, 5.74) is 1.22. The highest BCUT2D eigenvalue weighted by Crippen LogP contribution is 2.23. The number of likely N-dealkylation sites (N-methyl/N-ethyl adjacent to an activating group) is 1. The van der Waals surface area contributed by atoms with E-state index < -0.39 is 0 Å². The lowest BCUT2D eigenvalue weighted by molar-refractivity contribution is 0.0195. The average molecular weight is 531 g/mol. The Bertz CT molecular complexity index is 667. The van der Waals surface area contributed by atoms with Crippen LogP contribution in [0.25, 0.3) is 0 Å². The smallest absolute Gasteiger partial charge is 0.194 e. The highest BCUT2D eigenvalue weighted by Gasteiger charge is 2.30. The molecular formula is C22H38IN5O2. The van der Waals surface area contributed by atoms with Crippen LogP contribution in [0, 0.1) is 0 Å². The quantitative estimate of drug-likeness (QED) is 0.331. The largest absolute Gasteiger partial charge is 0.497 e. The number of guanidine groups is 1. The lowest BCUT2D eigenvalue weighted by Gasteiger charge is -2.32. The van der Waals surface area contributed by atoms with Crippen LogP contribution in [0.3, 0.4) is 0 Å². The predicted octanol–water partition coefficient (Wildman–Crippen LogP) is 2.29. The molecule has 0 aromatic heterocycles. The van der Waals surface area contributed by atoms with Crippen molar-refractivity contribution in [3.63, 3.8) is 0 Å². The summed E-state index contributed by atoms with van der Waals surface area (Å²) in [6, 6.07) is 9.10. The third kappa shape index (κ3) is 6.70. The molecule has 30 heavy (non-hydrogen) atoms. The number of nitrogens with one attached hydrogen (secondary N) is 1. The van der Waals surface area contributed by atoms with Crippen molar-refractivity contribution in [3.05, 3.63) is 29.8 Å². The van der Waals surface area contributed by atoms with Gasteiger partial charge in [-0.15, -0.1) is 24.0 Å². The van der Waals surface area contributed by atoms with Crippen molar-refractivity contribution in [3.8, 4) is 5.75 Å². The van der Waals surface area contributed by atoms with Gasteiger partial charge < -0.3 is 24.6 Å². The fraction of sp³-hybridized carbons (Fsp3) is 0.682. The van der Waals surface area contributed by atoms with Gasteiger partial charge in [-0.3, -0.25) is 9.89 Å². The molecule has 1 N–H and O–H groups in total. The highest BCUT2D eigenvalue weighted by atomic mass is 127. The first-order valence-corrected chi connectivity index (χ1v) is 10.8. The predicted molar refractivity (Wildman–Crippen MR) is 133 cm³/mol. The first-order valence-electron chi connectivity index (χ1n) is 10.8. The number of methoxy groups -OCH3 is 1. The zero-order chi connectivity index (χ0) is 20.6. The summed E-state index contributed by atoms with van der Waals surface area (Å²) in [5.74, 6) is 1.91. The van der Waals surface area contributed by atoms with Crippen LogP contribution in [0.5, 0.6) is 5.75 Å². The normalized spacial score (nSPS) is 21.4. The Morgan fingerprint density at radius 1 is 1.30 bits per heavy atom. The van der Waals surface area contributed by atoms with Gasteiger partial charge in [-0.1, -0.05) is 12.1 Å². The van der Waals surface area contributed by atoms with E-state index in [1.807, 2.05) is 12.1 Å². The molecule has 170 valence electrons. The fourth-order valence-electron chi connectivity index (χ4n) is 4.19. The Morgan fingerprint density at radius 3 is 2.73 bits per heavy atom. The molecule has 2 unspecified atom stereocenters. The molecule has 0 aliphatic carbocycles. The molecule has 2 atom stereocenters. The van der Waals surface area contributed by atoms with Gasteiger partial charge in [0.05, 0.1) is 32.9 Å². The van der Waals surface area contributed by atoms with Gasteiger partial charge in [-0.2, -0.15) is 0 Å². The SMILES string of the molecule is CCNC(=NCC(c1cccc(OC)c1)N(C)C)N1CCC(N2CCOCC2)C1.I. The lowest BCUT2D eigenvalue weighted by Crippen LogP contribution is -2.46. The summed E-state index contributed by atoms with van der Waals surface area (Å²) in [4.78, 5) is 12.3. The molecule has 3 rings (SSSR count). The lowest BCUT2D eigenvalue weighted by atomic mass is 10.1. The van der Waals surface area contributed by atoms with Crippen molar-refractivity contribution in [1.82, 2.24) is 20.0 Å². The number of hydrogen-bond donors (Lipinski definition) is 1. The zero-order valence-electron chi connectivity index (χ0n) is 18.8. The fourth-order valence-corrected chi connectivity index (χ4v) is 4.19. The van der Waals surface area contributed by atoms with E-state index in [9.17, 15) is 0 Å². The van der Waals surface area contributed by atoms with E-state index in [1.165, 1.54) is 12.0 Å². The molecule has 0 radical (unpaired) electrons. The summed E-state index contributed by atoms with van der Waals surface area (Å²) in [7, 11) is 5.93. The van der Waals surface area contributed by atoms with E-state index in [-0.39, 0.29) is 30.0 Å². The molecule has 2 aliphatic rings. The molecule has 8 heteroatoms. The van der Waals surface area contributed by atoms with Gasteiger partial charge in [-0.25, -0.2) is 0 Å². The molecular weight excluding hydrogens is 493 g/mol. The van der Waals surface area contributed by atoms with E-state index in [2.05, 4.69) is 53.2 Å². The number of ether oxygens (including phenoxy) is 2. The molecule has 0 bridgehead atoms. The number of morpholine rings is 1. The minimum absolute atomic E-state index is 0. The van der Waals surface area contributed by atoms with Crippen molar-refractivity contribution < 1.29 is 9.47 Å². The van der Waals surface area contributed by atoms with Crippen LogP contribution in [0.1, 0.15) is 24.9 Å². The molecule has 0 spiro atoms. The van der Waals surface area contributed by atoms with E-state index in [4.69, 9.17) is 14.5 Å². The van der Waals surface area contributed by atoms with E-state index in [1.54, 1.807) is 7.11 Å². The molecule has 2 fully saturated rings. The van der Waals surface area contributed by atoms with Crippen LogP contribution in [0.15, 0.2) is 29.3 Å². The zero-order valence-corrected chi connectivity index (χ0v) is 21.2. The Kier molecular flexibility index (Phi) is 10.6. The van der Waals surface area contributed by atoms with Gasteiger partial charge in [-0.05, 0) is 45.1 Å². The van der Waals surface area contributed by atoms with E-state index >= 15 is 0 Å². The van der Waals surface area contributed by atoms with Crippen LogP contribution < -0.4 is 10.1 Å². The van der Waals surface area contributed by atoms with Crippen molar-refractivity contribution in [2.24, 2.45) is 4.99 Å². The number of aliphatic imine (C=N–C) groups is 1. The topological polar surface area (TPSA) is 52.6 Å². The van der Waals surface area contributed by atoms with Crippen molar-refractivity contribution in [2.45, 2.75) is 25.4 Å². The molecule has 1 aromatic rings. The molecule has 7 nitrogen and oxygen atoms in total. The molecule has 0 saturated carbocycles. The Hall–Kier alpha value is -1.10.